The number of hydrogen-bond acceptors (Lipinski definition) is 1. The predicted octanol–water partition coefficient (Wildman–Crippen LogP) is 5.07. The number of aryl methyl sites for hydroxylation is 2. The van der Waals surface area contributed by atoms with Gasteiger partial charge in [0.2, 0.25) is 0 Å². The fourth-order valence-corrected chi connectivity index (χ4v) is 3.26. The average molecular weight is 330 g/mol. The maximum atomic E-state index is 3.56. The molecule has 1 nitrogen and oxygen atoms in total. The van der Waals surface area contributed by atoms with Crippen molar-refractivity contribution in [2.45, 2.75) is 26.7 Å². The Morgan fingerprint density at radius 1 is 1.05 bits per heavy atom. The summed E-state index contributed by atoms with van der Waals surface area (Å²) in [6.45, 7) is 5.39. The lowest BCUT2D eigenvalue weighted by Crippen LogP contribution is -2.03. The van der Waals surface area contributed by atoms with Crippen molar-refractivity contribution in [3.05, 3.63) is 52.6 Å². The molecule has 1 aliphatic carbocycles. The fraction of sp³-hybridized carbons (Fsp3) is 0.333. The molecule has 104 valence electrons. The van der Waals surface area contributed by atoms with E-state index in [1.807, 2.05) is 0 Å². The van der Waals surface area contributed by atoms with Crippen LogP contribution >= 0.6 is 15.9 Å². The zero-order valence-electron chi connectivity index (χ0n) is 12.1. The van der Waals surface area contributed by atoms with E-state index >= 15 is 0 Å². The summed E-state index contributed by atoms with van der Waals surface area (Å²) in [5.41, 5.74) is 9.73. The Hall–Kier alpha value is -1.28. The lowest BCUT2D eigenvalue weighted by molar-refractivity contribution is 0.996. The first-order chi connectivity index (χ1) is 9.69. The number of nitrogens with one attached hydrogen (secondary N) is 1. The Labute approximate surface area is 129 Å². The van der Waals surface area contributed by atoms with Crippen LogP contribution in [0.1, 0.15) is 28.7 Å². The van der Waals surface area contributed by atoms with Gasteiger partial charge in [-0.1, -0.05) is 45.8 Å². The maximum absolute atomic E-state index is 3.56. The van der Waals surface area contributed by atoms with Crippen LogP contribution in [-0.2, 0) is 6.42 Å². The van der Waals surface area contributed by atoms with Gasteiger partial charge in [0.25, 0.3) is 0 Å². The Balaban J connectivity index is 1.96. The quantitative estimate of drug-likeness (QED) is 0.520. The Bertz CT molecular complexity index is 646. The van der Waals surface area contributed by atoms with Gasteiger partial charge in [0.05, 0.1) is 0 Å². The molecule has 2 heteroatoms. The molecule has 0 aliphatic heterocycles. The van der Waals surface area contributed by atoms with Gasteiger partial charge < -0.3 is 5.32 Å². The highest BCUT2D eigenvalue weighted by atomic mass is 79.9. The van der Waals surface area contributed by atoms with Crippen LogP contribution in [0.15, 0.2) is 30.3 Å². The molecule has 0 fully saturated rings. The lowest BCUT2D eigenvalue weighted by Gasteiger charge is -2.12. The molecule has 0 spiro atoms. The molecule has 2 aromatic carbocycles. The van der Waals surface area contributed by atoms with E-state index in [0.29, 0.717) is 0 Å². The molecule has 0 bridgehead atoms. The molecule has 0 amide bonds. The molecule has 0 radical (unpaired) electrons. The SMILES string of the molecule is Cc1ccc2c(c1)Cc1cc(C)c(NCCCBr)cc1-2. The van der Waals surface area contributed by atoms with Gasteiger partial charge in [0, 0.05) is 17.6 Å². The van der Waals surface area contributed by atoms with E-state index in [1.54, 1.807) is 0 Å². The third-order valence-electron chi connectivity index (χ3n) is 4.01. The molecular weight excluding hydrogens is 310 g/mol. The van der Waals surface area contributed by atoms with Gasteiger partial charge in [0.1, 0.15) is 0 Å². The van der Waals surface area contributed by atoms with Crippen LogP contribution in [0.3, 0.4) is 0 Å². The number of hydrogen-bond donors (Lipinski definition) is 1. The first-order valence-electron chi connectivity index (χ1n) is 7.22. The van der Waals surface area contributed by atoms with Gasteiger partial charge in [-0.3, -0.25) is 0 Å². The molecule has 0 heterocycles. The van der Waals surface area contributed by atoms with Gasteiger partial charge in [0.15, 0.2) is 0 Å². The van der Waals surface area contributed by atoms with Gasteiger partial charge in [-0.05, 0) is 60.6 Å². The second kappa shape index (κ2) is 5.61. The van der Waals surface area contributed by atoms with Gasteiger partial charge in [-0.2, -0.15) is 0 Å². The van der Waals surface area contributed by atoms with Crippen LogP contribution in [-0.4, -0.2) is 11.9 Å². The van der Waals surface area contributed by atoms with E-state index < -0.39 is 0 Å². The highest BCUT2D eigenvalue weighted by molar-refractivity contribution is 9.09. The highest BCUT2D eigenvalue weighted by Crippen LogP contribution is 2.39. The molecule has 1 N–H and O–H groups in total. The molecule has 1 aliphatic rings. The predicted molar refractivity (Wildman–Crippen MR) is 91.1 cm³/mol. The van der Waals surface area contributed by atoms with Crippen molar-refractivity contribution in [3.63, 3.8) is 0 Å². The maximum Gasteiger partial charge on any atom is 0.0376 e. The van der Waals surface area contributed by atoms with E-state index in [9.17, 15) is 0 Å². The summed E-state index contributed by atoms with van der Waals surface area (Å²) >= 11 is 3.48. The number of rotatable bonds is 4. The van der Waals surface area contributed by atoms with Crippen molar-refractivity contribution >= 4 is 21.6 Å². The van der Waals surface area contributed by atoms with E-state index in [-0.39, 0.29) is 0 Å². The van der Waals surface area contributed by atoms with Crippen LogP contribution in [0.25, 0.3) is 11.1 Å². The fourth-order valence-electron chi connectivity index (χ4n) is 2.98. The van der Waals surface area contributed by atoms with Gasteiger partial charge in [-0.25, -0.2) is 0 Å². The van der Waals surface area contributed by atoms with Crippen molar-refractivity contribution in [2.75, 3.05) is 17.2 Å². The molecule has 3 rings (SSSR count). The van der Waals surface area contributed by atoms with Gasteiger partial charge in [-0.15, -0.1) is 0 Å². The first-order valence-corrected chi connectivity index (χ1v) is 8.34. The molecule has 0 saturated heterocycles. The Morgan fingerprint density at radius 3 is 2.65 bits per heavy atom. The van der Waals surface area contributed by atoms with Crippen LogP contribution in [0.5, 0.6) is 0 Å². The van der Waals surface area contributed by atoms with E-state index in [0.717, 1.165) is 24.7 Å². The summed E-state index contributed by atoms with van der Waals surface area (Å²) in [6.07, 6.45) is 2.22. The van der Waals surface area contributed by atoms with Crippen LogP contribution in [0, 0.1) is 13.8 Å². The summed E-state index contributed by atoms with van der Waals surface area (Å²) in [5, 5.41) is 4.60. The van der Waals surface area contributed by atoms with Crippen LogP contribution in [0.4, 0.5) is 5.69 Å². The molecule has 20 heavy (non-hydrogen) atoms. The number of alkyl halides is 1. The highest BCUT2D eigenvalue weighted by Gasteiger charge is 2.19. The van der Waals surface area contributed by atoms with Crippen molar-refractivity contribution < 1.29 is 0 Å². The summed E-state index contributed by atoms with van der Waals surface area (Å²) in [7, 11) is 0. The third kappa shape index (κ3) is 2.49. The lowest BCUT2D eigenvalue weighted by atomic mass is 10.0. The molecule has 0 atom stereocenters. The molecule has 0 saturated carbocycles. The smallest absolute Gasteiger partial charge is 0.0376 e. The van der Waals surface area contributed by atoms with Crippen molar-refractivity contribution in [1.82, 2.24) is 0 Å². The Kier molecular flexibility index (Phi) is 3.84. The molecule has 0 aromatic heterocycles. The molecule has 0 unspecified atom stereocenters. The first kappa shape index (κ1) is 13.7. The zero-order valence-corrected chi connectivity index (χ0v) is 13.7. The van der Waals surface area contributed by atoms with E-state index in [2.05, 4.69) is 65.4 Å². The largest absolute Gasteiger partial charge is 0.385 e. The summed E-state index contributed by atoms with van der Waals surface area (Å²) < 4.78 is 0. The molecule has 2 aromatic rings. The van der Waals surface area contributed by atoms with Crippen molar-refractivity contribution in [2.24, 2.45) is 0 Å². The van der Waals surface area contributed by atoms with Crippen molar-refractivity contribution in [1.29, 1.82) is 0 Å². The minimum absolute atomic E-state index is 1.02. The number of halogens is 1. The summed E-state index contributed by atoms with van der Waals surface area (Å²) in [4.78, 5) is 0. The van der Waals surface area contributed by atoms with Crippen molar-refractivity contribution in [3.8, 4) is 11.1 Å². The van der Waals surface area contributed by atoms with Gasteiger partial charge >= 0.3 is 0 Å². The standard InChI is InChI=1S/C18H20BrN/c1-12-4-5-16-14(8-12)10-15-9-13(2)18(11-17(15)16)20-7-3-6-19/h4-5,8-9,11,20H,3,6-7,10H2,1-2H3. The molecular formula is C18H20BrN. The minimum Gasteiger partial charge on any atom is -0.385 e. The Morgan fingerprint density at radius 2 is 1.85 bits per heavy atom. The summed E-state index contributed by atoms with van der Waals surface area (Å²) in [6, 6.07) is 11.5. The zero-order chi connectivity index (χ0) is 14.1. The minimum atomic E-state index is 1.02. The van der Waals surface area contributed by atoms with E-state index in [4.69, 9.17) is 0 Å². The normalized spacial score (nSPS) is 12.2. The van der Waals surface area contributed by atoms with E-state index in [1.165, 1.54) is 39.1 Å². The third-order valence-corrected chi connectivity index (χ3v) is 4.57. The number of fused-ring (bicyclic) bond motifs is 3. The number of anilines is 1. The second-order valence-electron chi connectivity index (χ2n) is 5.63. The topological polar surface area (TPSA) is 12.0 Å². The van der Waals surface area contributed by atoms with Crippen LogP contribution < -0.4 is 5.32 Å². The summed E-state index contributed by atoms with van der Waals surface area (Å²) in [5.74, 6) is 0. The number of benzene rings is 2. The second-order valence-corrected chi connectivity index (χ2v) is 6.42. The monoisotopic (exact) mass is 329 g/mol. The van der Waals surface area contributed by atoms with Crippen LogP contribution in [0.2, 0.25) is 0 Å². The average Bonchev–Trinajstić information content (AvgIpc) is 2.75.